The van der Waals surface area contributed by atoms with E-state index in [0.717, 1.165) is 16.9 Å². The molecular weight excluding hydrogens is 302 g/mol. The van der Waals surface area contributed by atoms with Crippen LogP contribution in [0.1, 0.15) is 28.7 Å². The number of rotatable bonds is 4. The van der Waals surface area contributed by atoms with Gasteiger partial charge in [-0.3, -0.25) is 9.55 Å². The van der Waals surface area contributed by atoms with Gasteiger partial charge in [-0.25, -0.2) is 9.78 Å². The third kappa shape index (κ3) is 3.20. The molecule has 3 rings (SSSR count). The fourth-order valence-corrected chi connectivity index (χ4v) is 2.39. The molecule has 0 fully saturated rings. The van der Waals surface area contributed by atoms with E-state index in [0.29, 0.717) is 12.4 Å². The van der Waals surface area contributed by atoms with Crippen molar-refractivity contribution in [2.24, 2.45) is 0 Å². The first kappa shape index (κ1) is 15.9. The molecule has 5 heteroatoms. The number of benzene rings is 1. The zero-order valence-electron chi connectivity index (χ0n) is 14.0. The average Bonchev–Trinajstić information content (AvgIpc) is 3.02. The molecule has 0 bridgehead atoms. The minimum atomic E-state index is -0.426. The Kier molecular flexibility index (Phi) is 4.42. The van der Waals surface area contributed by atoms with Crippen LogP contribution in [0.2, 0.25) is 0 Å². The zero-order chi connectivity index (χ0) is 17.1. The van der Waals surface area contributed by atoms with Crippen LogP contribution in [0.25, 0.3) is 17.1 Å². The Hall–Kier alpha value is -2.95. The number of ether oxygens (including phenoxy) is 1. The van der Waals surface area contributed by atoms with Crippen LogP contribution in [0.5, 0.6) is 0 Å². The summed E-state index contributed by atoms with van der Waals surface area (Å²) in [4.78, 5) is 20.9. The number of carbonyl (C=O) groups excluding carboxylic acids is 1. The van der Waals surface area contributed by atoms with Crippen molar-refractivity contribution in [3.63, 3.8) is 0 Å². The van der Waals surface area contributed by atoms with E-state index in [1.54, 1.807) is 19.3 Å². The molecule has 0 atom stereocenters. The second-order valence-corrected chi connectivity index (χ2v) is 5.56. The molecule has 24 heavy (non-hydrogen) atoms. The summed E-state index contributed by atoms with van der Waals surface area (Å²) in [6, 6.07) is 11.9. The van der Waals surface area contributed by atoms with Crippen molar-refractivity contribution in [2.45, 2.75) is 20.8 Å². The molecule has 0 saturated heterocycles. The second kappa shape index (κ2) is 6.66. The Labute approximate surface area is 141 Å². The molecule has 0 saturated carbocycles. The van der Waals surface area contributed by atoms with Gasteiger partial charge >= 0.3 is 5.97 Å². The maximum Gasteiger partial charge on any atom is 0.358 e. The summed E-state index contributed by atoms with van der Waals surface area (Å²) in [6.07, 6.45) is 3.47. The minimum Gasteiger partial charge on any atom is -0.461 e. The van der Waals surface area contributed by atoms with Gasteiger partial charge in [0.25, 0.3) is 0 Å². The lowest BCUT2D eigenvalue weighted by Crippen LogP contribution is -2.04. The van der Waals surface area contributed by atoms with Crippen molar-refractivity contribution < 1.29 is 9.53 Å². The second-order valence-electron chi connectivity index (χ2n) is 5.56. The third-order valence-corrected chi connectivity index (χ3v) is 3.67. The molecule has 1 aromatic carbocycles. The van der Waals surface area contributed by atoms with Gasteiger partial charge < -0.3 is 4.74 Å². The monoisotopic (exact) mass is 321 g/mol. The molecule has 2 aromatic heterocycles. The zero-order valence-corrected chi connectivity index (χ0v) is 14.0. The lowest BCUT2D eigenvalue weighted by atomic mass is 10.2. The van der Waals surface area contributed by atoms with Crippen molar-refractivity contribution in [2.75, 3.05) is 6.61 Å². The topological polar surface area (TPSA) is 57.0 Å². The van der Waals surface area contributed by atoms with Gasteiger partial charge in [0.05, 0.1) is 6.61 Å². The molecule has 0 spiro atoms. The van der Waals surface area contributed by atoms with Crippen molar-refractivity contribution in [3.8, 4) is 17.1 Å². The standard InChI is InChI=1S/C19H19N3O2/c1-4-24-19(23)17-12-22(16-9-5-13(2)6-10-16)18(21-17)15-8-7-14(3)20-11-15/h5-12H,4H2,1-3H3. The number of carbonyl (C=O) groups is 1. The summed E-state index contributed by atoms with van der Waals surface area (Å²) in [5.74, 6) is 0.235. The van der Waals surface area contributed by atoms with E-state index in [4.69, 9.17) is 4.74 Å². The summed E-state index contributed by atoms with van der Waals surface area (Å²) in [6.45, 7) is 6.06. The summed E-state index contributed by atoms with van der Waals surface area (Å²) >= 11 is 0. The molecular formula is C19H19N3O2. The fourth-order valence-electron chi connectivity index (χ4n) is 2.39. The van der Waals surface area contributed by atoms with Crippen LogP contribution >= 0.6 is 0 Å². The Morgan fingerprint density at radius 2 is 1.88 bits per heavy atom. The van der Waals surface area contributed by atoms with E-state index in [1.807, 2.05) is 54.8 Å². The minimum absolute atomic E-state index is 0.285. The Balaban J connectivity index is 2.12. The molecule has 122 valence electrons. The van der Waals surface area contributed by atoms with Gasteiger partial charge in [0.1, 0.15) is 5.82 Å². The van der Waals surface area contributed by atoms with E-state index in [9.17, 15) is 4.79 Å². The quantitative estimate of drug-likeness (QED) is 0.687. The van der Waals surface area contributed by atoms with Gasteiger partial charge in [-0.05, 0) is 45.0 Å². The highest BCUT2D eigenvalue weighted by Gasteiger charge is 2.17. The number of hydrogen-bond donors (Lipinski definition) is 0. The van der Waals surface area contributed by atoms with Crippen LogP contribution in [0.15, 0.2) is 48.8 Å². The highest BCUT2D eigenvalue weighted by Crippen LogP contribution is 2.23. The average molecular weight is 321 g/mol. The maximum atomic E-state index is 12.1. The first-order chi connectivity index (χ1) is 11.6. The maximum absolute atomic E-state index is 12.1. The molecule has 0 aliphatic carbocycles. The first-order valence-corrected chi connectivity index (χ1v) is 7.85. The van der Waals surface area contributed by atoms with Crippen LogP contribution in [0.3, 0.4) is 0 Å². The van der Waals surface area contributed by atoms with E-state index >= 15 is 0 Å². The van der Waals surface area contributed by atoms with E-state index in [1.165, 1.54) is 5.56 Å². The normalized spacial score (nSPS) is 10.6. The van der Waals surface area contributed by atoms with Gasteiger partial charge in [0.15, 0.2) is 5.69 Å². The predicted octanol–water partition coefficient (Wildman–Crippen LogP) is 3.73. The molecule has 0 aliphatic rings. The first-order valence-electron chi connectivity index (χ1n) is 7.85. The summed E-state index contributed by atoms with van der Waals surface area (Å²) in [5.41, 5.74) is 4.16. The molecule has 2 heterocycles. The highest BCUT2D eigenvalue weighted by atomic mass is 16.5. The predicted molar refractivity (Wildman–Crippen MR) is 92.2 cm³/mol. The lowest BCUT2D eigenvalue weighted by Gasteiger charge is -2.08. The largest absolute Gasteiger partial charge is 0.461 e. The fraction of sp³-hybridized carbons (Fsp3) is 0.211. The van der Waals surface area contributed by atoms with Crippen LogP contribution < -0.4 is 0 Å². The van der Waals surface area contributed by atoms with E-state index in [-0.39, 0.29) is 5.69 Å². The van der Waals surface area contributed by atoms with Gasteiger partial charge in [0.2, 0.25) is 0 Å². The Bertz CT molecular complexity index is 786. The van der Waals surface area contributed by atoms with E-state index < -0.39 is 5.97 Å². The number of hydrogen-bond acceptors (Lipinski definition) is 4. The SMILES string of the molecule is CCOC(=O)c1cn(-c2ccc(C)cc2)c(-c2ccc(C)nc2)n1. The summed E-state index contributed by atoms with van der Waals surface area (Å²) in [7, 11) is 0. The van der Waals surface area contributed by atoms with Crippen molar-refractivity contribution >= 4 is 5.97 Å². The smallest absolute Gasteiger partial charge is 0.358 e. The molecule has 0 amide bonds. The lowest BCUT2D eigenvalue weighted by molar-refractivity contribution is 0.0520. The van der Waals surface area contributed by atoms with Crippen LogP contribution in [-0.4, -0.2) is 27.1 Å². The number of pyridine rings is 1. The number of aryl methyl sites for hydroxylation is 2. The van der Waals surface area contributed by atoms with E-state index in [2.05, 4.69) is 9.97 Å². The van der Waals surface area contributed by atoms with Crippen LogP contribution in [0, 0.1) is 13.8 Å². The Morgan fingerprint density at radius 1 is 1.12 bits per heavy atom. The van der Waals surface area contributed by atoms with Crippen molar-refractivity contribution in [3.05, 3.63) is 65.7 Å². The van der Waals surface area contributed by atoms with Crippen LogP contribution in [-0.2, 0) is 4.74 Å². The Morgan fingerprint density at radius 3 is 2.50 bits per heavy atom. The van der Waals surface area contributed by atoms with Crippen molar-refractivity contribution in [1.29, 1.82) is 0 Å². The number of aromatic nitrogens is 3. The summed E-state index contributed by atoms with van der Waals surface area (Å²) < 4.78 is 6.96. The molecule has 0 aliphatic heterocycles. The van der Waals surface area contributed by atoms with Gasteiger partial charge in [0, 0.05) is 29.3 Å². The molecule has 0 radical (unpaired) electrons. The number of nitrogens with zero attached hydrogens (tertiary/aromatic N) is 3. The number of imidazole rings is 1. The summed E-state index contributed by atoms with van der Waals surface area (Å²) in [5, 5.41) is 0. The van der Waals surface area contributed by atoms with Crippen LogP contribution in [0.4, 0.5) is 0 Å². The molecule has 0 N–H and O–H groups in total. The number of esters is 1. The van der Waals surface area contributed by atoms with Gasteiger partial charge in [-0.1, -0.05) is 17.7 Å². The van der Waals surface area contributed by atoms with Crippen molar-refractivity contribution in [1.82, 2.24) is 14.5 Å². The molecule has 0 unspecified atom stereocenters. The molecule has 3 aromatic rings. The van der Waals surface area contributed by atoms with Gasteiger partial charge in [-0.15, -0.1) is 0 Å². The molecule has 5 nitrogen and oxygen atoms in total. The van der Waals surface area contributed by atoms with Gasteiger partial charge in [-0.2, -0.15) is 0 Å². The third-order valence-electron chi connectivity index (χ3n) is 3.67. The highest BCUT2D eigenvalue weighted by molar-refractivity contribution is 5.88.